The van der Waals surface area contributed by atoms with Gasteiger partial charge in [-0.2, -0.15) is 17.5 Å². The molecular weight excluding hydrogens is 576 g/mol. The van der Waals surface area contributed by atoms with Crippen molar-refractivity contribution in [3.05, 3.63) is 83.0 Å². The molecule has 1 heterocycles. The largest absolute Gasteiger partial charge is 0.611 e. The third-order valence-corrected chi connectivity index (χ3v) is 10.7. The number of halogens is 4. The van der Waals surface area contributed by atoms with E-state index in [-0.39, 0.29) is 35.9 Å². The summed E-state index contributed by atoms with van der Waals surface area (Å²) in [7, 11) is -3.95. The molecule has 0 radical (unpaired) electrons. The summed E-state index contributed by atoms with van der Waals surface area (Å²) in [6.07, 6.45) is 0.273. The van der Waals surface area contributed by atoms with E-state index < -0.39 is 44.8 Å². The number of aliphatic hydroxyl groups is 1. The van der Waals surface area contributed by atoms with E-state index in [0.29, 0.717) is 28.8 Å². The fourth-order valence-corrected chi connectivity index (χ4v) is 7.76. The maximum Gasteiger partial charge on any atom is 0.421 e. The van der Waals surface area contributed by atoms with Crippen molar-refractivity contribution < 1.29 is 35.6 Å². The molecule has 1 fully saturated rings. The van der Waals surface area contributed by atoms with Crippen molar-refractivity contribution >= 4 is 44.0 Å². The minimum absolute atomic E-state index is 0.0247. The van der Waals surface area contributed by atoms with Crippen molar-refractivity contribution in [2.45, 2.75) is 36.1 Å². The van der Waals surface area contributed by atoms with Crippen molar-refractivity contribution in [1.82, 2.24) is 4.31 Å². The first-order valence-corrected chi connectivity index (χ1v) is 15.1. The van der Waals surface area contributed by atoms with Crippen molar-refractivity contribution in [3.63, 3.8) is 0 Å². The lowest BCUT2D eigenvalue weighted by Gasteiger charge is -2.42. The summed E-state index contributed by atoms with van der Waals surface area (Å²) in [6.45, 7) is 0.837. The van der Waals surface area contributed by atoms with Crippen LogP contribution in [0.3, 0.4) is 0 Å². The van der Waals surface area contributed by atoms with E-state index in [1.54, 1.807) is 17.1 Å². The van der Waals surface area contributed by atoms with E-state index in [4.69, 9.17) is 12.2 Å². The van der Waals surface area contributed by atoms with Crippen LogP contribution in [0.15, 0.2) is 76.6 Å². The molecule has 1 N–H and O–H groups in total. The molecular formula is C26H26F4N2O4S3. The highest BCUT2D eigenvalue weighted by Gasteiger charge is 2.51. The fourth-order valence-electron chi connectivity index (χ4n) is 4.42. The van der Waals surface area contributed by atoms with Crippen molar-refractivity contribution in [2.75, 3.05) is 30.3 Å². The van der Waals surface area contributed by atoms with E-state index in [1.807, 2.05) is 0 Å². The summed E-state index contributed by atoms with van der Waals surface area (Å²) in [5.41, 5.74) is -2.93. The van der Waals surface area contributed by atoms with Crippen LogP contribution in [0.5, 0.6) is 0 Å². The number of hydrogen-bond acceptors (Lipinski definition) is 6. The second kappa shape index (κ2) is 11.3. The average Bonchev–Trinajstić information content (AvgIpc) is 2.88. The number of thiocarbonyl (C=S) groups is 1. The third kappa shape index (κ3) is 6.23. The predicted octanol–water partition coefficient (Wildman–Crippen LogP) is 4.44. The Morgan fingerprint density at radius 2 is 1.74 bits per heavy atom. The number of nitrogens with zero attached hydrogens (tertiary/aromatic N) is 2. The number of anilines is 1. The molecule has 1 unspecified atom stereocenters. The van der Waals surface area contributed by atoms with E-state index in [2.05, 4.69) is 0 Å². The number of alkyl halides is 3. The van der Waals surface area contributed by atoms with Gasteiger partial charge >= 0.3 is 6.18 Å². The Hall–Kier alpha value is -2.29. The van der Waals surface area contributed by atoms with Crippen LogP contribution in [-0.4, -0.2) is 64.9 Å². The van der Waals surface area contributed by atoms with Crippen LogP contribution >= 0.6 is 12.2 Å². The topological polar surface area (TPSA) is 83.9 Å². The van der Waals surface area contributed by atoms with E-state index in [1.165, 1.54) is 46.8 Å². The molecule has 39 heavy (non-hydrogen) atoms. The van der Waals surface area contributed by atoms with Crippen molar-refractivity contribution in [1.29, 1.82) is 0 Å². The standard InChI is InChI=1S/C26H26F4N2O4S3/c1-25(33,26(28,29)30)18-6-10-20(11-7-18)32-15-14-31(39(35,36)24-5-3-2-4-23(24)37)16-21(32)17-38(34)22-12-8-19(27)9-13-22/h2-3,5-13,21,33H,4,14-17H2,1H3/t21-,25?,38-/m1/s1. The summed E-state index contributed by atoms with van der Waals surface area (Å²) >= 11 is 3.63. The molecule has 3 atom stereocenters. The number of piperazine rings is 1. The average molecular weight is 603 g/mol. The summed E-state index contributed by atoms with van der Waals surface area (Å²) in [4.78, 5) is 2.46. The van der Waals surface area contributed by atoms with Crippen LogP contribution in [0.1, 0.15) is 18.9 Å². The lowest BCUT2D eigenvalue weighted by atomic mass is 9.95. The molecule has 0 spiro atoms. The molecule has 4 rings (SSSR count). The maximum atomic E-state index is 13.4. The van der Waals surface area contributed by atoms with E-state index >= 15 is 0 Å². The molecule has 2 aliphatic rings. The molecule has 13 heteroatoms. The van der Waals surface area contributed by atoms with Crippen molar-refractivity contribution in [2.24, 2.45) is 0 Å². The van der Waals surface area contributed by atoms with Crippen molar-refractivity contribution in [3.8, 4) is 0 Å². The van der Waals surface area contributed by atoms with Crippen LogP contribution in [-0.2, 0) is 26.8 Å². The van der Waals surface area contributed by atoms with Gasteiger partial charge in [0.2, 0.25) is 10.0 Å². The second-order valence-electron chi connectivity index (χ2n) is 9.38. The minimum Gasteiger partial charge on any atom is -0.611 e. The molecule has 2 aromatic rings. The van der Waals surface area contributed by atoms with Crippen LogP contribution in [0, 0.1) is 5.82 Å². The summed E-state index contributed by atoms with van der Waals surface area (Å²) < 4.78 is 94.7. The summed E-state index contributed by atoms with van der Waals surface area (Å²) in [5, 5.41) is 10.0. The highest BCUT2D eigenvalue weighted by atomic mass is 32.2. The maximum absolute atomic E-state index is 13.4. The molecule has 210 valence electrons. The number of allylic oxidation sites excluding steroid dienone is 4. The van der Waals surface area contributed by atoms with Gasteiger partial charge < -0.3 is 14.6 Å². The van der Waals surface area contributed by atoms with Gasteiger partial charge in [-0.25, -0.2) is 12.8 Å². The van der Waals surface area contributed by atoms with Gasteiger partial charge in [-0.05, 0) is 66.1 Å². The number of benzene rings is 2. The normalized spacial score (nSPS) is 21.4. The van der Waals surface area contributed by atoms with Crippen LogP contribution in [0.2, 0.25) is 0 Å². The molecule has 6 nitrogen and oxygen atoms in total. The Balaban J connectivity index is 1.64. The van der Waals surface area contributed by atoms with Gasteiger partial charge in [-0.15, -0.1) is 0 Å². The van der Waals surface area contributed by atoms with Gasteiger partial charge in [0.1, 0.15) is 11.6 Å². The first-order valence-electron chi connectivity index (χ1n) is 11.9. The van der Waals surface area contributed by atoms with Gasteiger partial charge in [-0.3, -0.25) is 0 Å². The van der Waals surface area contributed by atoms with E-state index in [9.17, 15) is 35.6 Å². The highest BCUT2D eigenvalue weighted by molar-refractivity contribution is 7.96. The SMILES string of the molecule is CC(O)(c1ccc(N2CCN(S(=O)(=O)C3=CC=CCC3=S)C[C@@H]2C[S@@+]([O-])c2ccc(F)cc2)cc1)C(F)(F)F. The minimum atomic E-state index is -4.88. The number of sulfonamides is 1. The lowest BCUT2D eigenvalue weighted by Crippen LogP contribution is -2.57. The molecule has 0 amide bonds. The third-order valence-electron chi connectivity index (χ3n) is 6.76. The first-order chi connectivity index (χ1) is 18.2. The Morgan fingerprint density at radius 3 is 2.33 bits per heavy atom. The smallest absolute Gasteiger partial charge is 0.421 e. The number of hydrogen-bond donors (Lipinski definition) is 1. The highest BCUT2D eigenvalue weighted by Crippen LogP contribution is 2.39. The van der Waals surface area contributed by atoms with Crippen LogP contribution in [0.25, 0.3) is 0 Å². The van der Waals surface area contributed by atoms with Gasteiger partial charge in [-0.1, -0.05) is 36.5 Å². The molecule has 1 aliphatic carbocycles. The Morgan fingerprint density at radius 1 is 1.10 bits per heavy atom. The monoisotopic (exact) mass is 602 g/mol. The predicted molar refractivity (Wildman–Crippen MR) is 146 cm³/mol. The summed E-state index contributed by atoms with van der Waals surface area (Å²) in [6, 6.07) is 9.65. The molecule has 1 saturated heterocycles. The quantitative estimate of drug-likeness (QED) is 0.287. The van der Waals surface area contributed by atoms with Crippen LogP contribution < -0.4 is 4.90 Å². The molecule has 0 saturated carbocycles. The van der Waals surface area contributed by atoms with Gasteiger partial charge in [0.05, 0.1) is 10.9 Å². The zero-order chi connectivity index (χ0) is 28.6. The fraction of sp³-hybridized carbons (Fsp3) is 0.346. The molecule has 0 bridgehead atoms. The lowest BCUT2D eigenvalue weighted by molar-refractivity contribution is -0.258. The van der Waals surface area contributed by atoms with Gasteiger partial charge in [0.15, 0.2) is 10.5 Å². The van der Waals surface area contributed by atoms with E-state index in [0.717, 1.165) is 12.1 Å². The molecule has 0 aromatic heterocycles. The van der Waals surface area contributed by atoms with Gasteiger partial charge in [0, 0.05) is 36.6 Å². The number of rotatable bonds is 7. The second-order valence-corrected chi connectivity index (χ2v) is 13.3. The Kier molecular flexibility index (Phi) is 8.60. The zero-order valence-electron chi connectivity index (χ0n) is 20.8. The Labute approximate surface area is 232 Å². The molecule has 1 aliphatic heterocycles. The van der Waals surface area contributed by atoms with Crippen LogP contribution in [0.4, 0.5) is 23.2 Å². The molecule has 2 aromatic carbocycles. The summed E-state index contributed by atoms with van der Waals surface area (Å²) in [5.74, 6) is -0.517. The van der Waals surface area contributed by atoms with Gasteiger partial charge in [0.25, 0.3) is 0 Å². The first kappa shape index (κ1) is 29.7. The zero-order valence-corrected chi connectivity index (χ0v) is 23.2. The Bertz CT molecular complexity index is 1380.